The number of hydrogen-bond donors (Lipinski definition) is 4. The number of nitrogens with one attached hydrogen (secondary N) is 3. The lowest BCUT2D eigenvalue weighted by atomic mass is 10.1. The average molecular weight is 553 g/mol. The van der Waals surface area contributed by atoms with Crippen molar-refractivity contribution in [1.82, 2.24) is 15.3 Å². The van der Waals surface area contributed by atoms with E-state index in [0.717, 1.165) is 17.0 Å². The molecular weight excluding hydrogens is 529 g/mol. The van der Waals surface area contributed by atoms with E-state index >= 15 is 0 Å². The quantitative estimate of drug-likeness (QED) is 0.205. The zero-order valence-electron chi connectivity index (χ0n) is 18.8. The molecule has 0 aliphatic rings. The van der Waals surface area contributed by atoms with Crippen LogP contribution in [0.15, 0.2) is 58.4 Å². The highest BCUT2D eigenvalue weighted by atomic mass is 35.5. The Morgan fingerprint density at radius 2 is 1.69 bits per heavy atom. The molecule has 13 heteroatoms. The van der Waals surface area contributed by atoms with Crippen molar-refractivity contribution in [2.75, 3.05) is 17.2 Å². The van der Waals surface area contributed by atoms with Gasteiger partial charge in [0.2, 0.25) is 21.9 Å². The van der Waals surface area contributed by atoms with E-state index in [-0.39, 0.29) is 10.0 Å². The standard InChI is InChI=1S/C22H23Cl2N7O2S2/c1-13-11-14(2)28-21(27-13)30-20(31-22(34)29-19-8-5-16(23)12-18(19)24)26-10-9-15-3-6-17(7-4-15)35(25,32)33/h3-8,11-12H,9-10H2,1-2H3,(H2,25,32,33)(H3,26,27,28,29,30,31,34). The zero-order valence-corrected chi connectivity index (χ0v) is 22.0. The van der Waals surface area contributed by atoms with Gasteiger partial charge >= 0.3 is 0 Å². The van der Waals surface area contributed by atoms with Crippen LogP contribution in [-0.2, 0) is 16.4 Å². The SMILES string of the molecule is Cc1cc(C)nc(NC(=NCCc2ccc(S(N)(=O)=O)cc2)NC(=S)Nc2ccc(Cl)cc2Cl)n1. The normalized spacial score (nSPS) is 11.7. The van der Waals surface area contributed by atoms with Crippen LogP contribution in [0.5, 0.6) is 0 Å². The monoisotopic (exact) mass is 551 g/mol. The lowest BCUT2D eigenvalue weighted by molar-refractivity contribution is 0.598. The highest BCUT2D eigenvalue weighted by Gasteiger charge is 2.10. The molecule has 0 bridgehead atoms. The number of aliphatic imine (C=N–C) groups is 1. The molecule has 0 atom stereocenters. The fourth-order valence-corrected chi connectivity index (χ4v) is 4.17. The van der Waals surface area contributed by atoms with Crippen molar-refractivity contribution >= 4 is 68.2 Å². The minimum Gasteiger partial charge on any atom is -0.331 e. The second-order valence-corrected chi connectivity index (χ2v) is 10.3. The maximum atomic E-state index is 11.4. The first-order chi connectivity index (χ1) is 16.5. The molecule has 0 saturated heterocycles. The number of sulfonamides is 1. The minimum atomic E-state index is -3.74. The number of anilines is 2. The van der Waals surface area contributed by atoms with E-state index in [0.29, 0.717) is 40.6 Å². The van der Waals surface area contributed by atoms with E-state index < -0.39 is 10.0 Å². The van der Waals surface area contributed by atoms with Crippen LogP contribution in [0.2, 0.25) is 10.0 Å². The van der Waals surface area contributed by atoms with Crippen LogP contribution in [-0.4, -0.2) is 36.0 Å². The number of rotatable bonds is 6. The Morgan fingerprint density at radius 1 is 1.03 bits per heavy atom. The van der Waals surface area contributed by atoms with E-state index in [1.54, 1.807) is 30.3 Å². The molecule has 3 rings (SSSR count). The van der Waals surface area contributed by atoms with Crippen LogP contribution < -0.4 is 21.1 Å². The van der Waals surface area contributed by atoms with Gasteiger partial charge in [0.05, 0.1) is 15.6 Å². The molecule has 9 nitrogen and oxygen atoms in total. The number of aryl methyl sites for hydroxylation is 2. The molecule has 5 N–H and O–H groups in total. The van der Waals surface area contributed by atoms with Crippen molar-refractivity contribution < 1.29 is 8.42 Å². The molecule has 0 amide bonds. The molecule has 0 aliphatic heterocycles. The summed E-state index contributed by atoms with van der Waals surface area (Å²) < 4.78 is 22.9. The molecule has 0 aliphatic carbocycles. The van der Waals surface area contributed by atoms with E-state index in [2.05, 4.69) is 30.9 Å². The first kappa shape index (κ1) is 26.8. The van der Waals surface area contributed by atoms with Gasteiger partial charge in [-0.3, -0.25) is 10.3 Å². The summed E-state index contributed by atoms with van der Waals surface area (Å²) in [6, 6.07) is 13.2. The predicted molar refractivity (Wildman–Crippen MR) is 145 cm³/mol. The van der Waals surface area contributed by atoms with E-state index in [4.69, 9.17) is 40.6 Å². The Hall–Kier alpha value is -2.83. The third-order valence-corrected chi connectivity index (χ3v) is 6.23. The molecule has 35 heavy (non-hydrogen) atoms. The second-order valence-electron chi connectivity index (χ2n) is 7.47. The lowest BCUT2D eigenvalue weighted by Gasteiger charge is -2.15. The van der Waals surface area contributed by atoms with Gasteiger partial charge in [-0.05, 0) is 74.4 Å². The molecule has 0 unspecified atom stereocenters. The second kappa shape index (κ2) is 11.7. The fraction of sp³-hybridized carbons (Fsp3) is 0.182. The van der Waals surface area contributed by atoms with Gasteiger partial charge < -0.3 is 10.6 Å². The molecule has 0 saturated carbocycles. The number of hydrogen-bond acceptors (Lipinski definition) is 6. The molecule has 184 valence electrons. The van der Waals surface area contributed by atoms with Crippen LogP contribution in [0.1, 0.15) is 17.0 Å². The van der Waals surface area contributed by atoms with Gasteiger partial charge in [-0.15, -0.1) is 0 Å². The minimum absolute atomic E-state index is 0.0537. The molecule has 0 fully saturated rings. The van der Waals surface area contributed by atoms with Crippen LogP contribution in [0.4, 0.5) is 11.6 Å². The first-order valence-corrected chi connectivity index (χ1v) is 13.0. The number of nitrogens with two attached hydrogens (primary N) is 1. The van der Waals surface area contributed by atoms with Gasteiger partial charge in [-0.2, -0.15) is 0 Å². The fourth-order valence-electron chi connectivity index (χ4n) is 2.99. The van der Waals surface area contributed by atoms with Crippen molar-refractivity contribution in [1.29, 1.82) is 0 Å². The summed E-state index contributed by atoms with van der Waals surface area (Å²) in [5.41, 5.74) is 3.05. The smallest absolute Gasteiger partial charge is 0.238 e. The molecule has 1 aromatic heterocycles. The van der Waals surface area contributed by atoms with Gasteiger partial charge in [0, 0.05) is 23.0 Å². The van der Waals surface area contributed by atoms with E-state index in [9.17, 15) is 8.42 Å². The number of halogens is 2. The Kier molecular flexibility index (Phi) is 8.98. The number of primary sulfonamides is 1. The van der Waals surface area contributed by atoms with Crippen molar-refractivity contribution in [2.45, 2.75) is 25.2 Å². The van der Waals surface area contributed by atoms with Crippen LogP contribution >= 0.6 is 35.4 Å². The summed E-state index contributed by atoms with van der Waals surface area (Å²) >= 11 is 17.6. The van der Waals surface area contributed by atoms with Crippen LogP contribution in [0.25, 0.3) is 0 Å². The Morgan fingerprint density at radius 3 is 2.29 bits per heavy atom. The van der Waals surface area contributed by atoms with Gasteiger partial charge in [0.15, 0.2) is 5.11 Å². The number of nitrogens with zero attached hydrogens (tertiary/aromatic N) is 3. The number of thiocarbonyl (C=S) groups is 1. The molecular formula is C22H23Cl2N7O2S2. The van der Waals surface area contributed by atoms with Gasteiger partial charge in [-0.1, -0.05) is 35.3 Å². The third-order valence-electron chi connectivity index (χ3n) is 4.55. The summed E-state index contributed by atoms with van der Waals surface area (Å²) in [7, 11) is -3.74. The van der Waals surface area contributed by atoms with Gasteiger partial charge in [-0.25, -0.2) is 23.5 Å². The first-order valence-electron chi connectivity index (χ1n) is 10.3. The topological polar surface area (TPSA) is 134 Å². The van der Waals surface area contributed by atoms with Crippen LogP contribution in [0, 0.1) is 13.8 Å². The Labute approximate surface area is 219 Å². The van der Waals surface area contributed by atoms with Gasteiger partial charge in [0.1, 0.15) is 0 Å². The summed E-state index contributed by atoms with van der Waals surface area (Å²) in [6.07, 6.45) is 0.536. The number of aromatic nitrogens is 2. The summed E-state index contributed by atoms with van der Waals surface area (Å²) in [4.78, 5) is 13.4. The van der Waals surface area contributed by atoms with Crippen molar-refractivity contribution in [2.24, 2.45) is 10.1 Å². The lowest BCUT2D eigenvalue weighted by Crippen LogP contribution is -2.39. The largest absolute Gasteiger partial charge is 0.331 e. The third kappa shape index (κ3) is 8.41. The predicted octanol–water partition coefficient (Wildman–Crippen LogP) is 4.04. The Bertz CT molecular complexity index is 1340. The summed E-state index contributed by atoms with van der Waals surface area (Å²) in [6.45, 7) is 4.09. The van der Waals surface area contributed by atoms with Crippen molar-refractivity contribution in [3.05, 3.63) is 75.5 Å². The zero-order chi connectivity index (χ0) is 25.6. The molecule has 2 aromatic carbocycles. The summed E-state index contributed by atoms with van der Waals surface area (Å²) in [5, 5.41) is 15.4. The molecule has 3 aromatic rings. The molecule has 1 heterocycles. The number of benzene rings is 2. The average Bonchev–Trinajstić information content (AvgIpc) is 2.74. The van der Waals surface area contributed by atoms with Gasteiger partial charge in [0.25, 0.3) is 0 Å². The maximum Gasteiger partial charge on any atom is 0.238 e. The molecule has 0 spiro atoms. The Balaban J connectivity index is 1.74. The maximum absolute atomic E-state index is 11.4. The molecule has 0 radical (unpaired) electrons. The highest BCUT2D eigenvalue weighted by Crippen LogP contribution is 2.25. The van der Waals surface area contributed by atoms with E-state index in [1.165, 1.54) is 12.1 Å². The van der Waals surface area contributed by atoms with E-state index in [1.807, 2.05) is 19.9 Å². The summed E-state index contributed by atoms with van der Waals surface area (Å²) in [5.74, 6) is 0.678. The van der Waals surface area contributed by atoms with Crippen LogP contribution in [0.3, 0.4) is 0 Å². The highest BCUT2D eigenvalue weighted by molar-refractivity contribution is 7.89. The van der Waals surface area contributed by atoms with Crippen molar-refractivity contribution in [3.8, 4) is 0 Å². The van der Waals surface area contributed by atoms with Crippen molar-refractivity contribution in [3.63, 3.8) is 0 Å². The number of guanidine groups is 1.